The molecule has 1 aromatic heterocycles. The first kappa shape index (κ1) is 27.5. The molecule has 3 aromatic rings. The number of nitrogens with one attached hydrogen (secondary N) is 2. The van der Waals surface area contributed by atoms with Gasteiger partial charge in [0.05, 0.1) is 18.2 Å². The average molecular weight is 533 g/mol. The van der Waals surface area contributed by atoms with Crippen molar-refractivity contribution in [2.24, 2.45) is 5.73 Å². The Labute approximate surface area is 213 Å². The van der Waals surface area contributed by atoms with Crippen molar-refractivity contribution in [1.82, 2.24) is 14.3 Å². The summed E-state index contributed by atoms with van der Waals surface area (Å²) in [7, 11) is -6.65. The van der Waals surface area contributed by atoms with Crippen molar-refractivity contribution in [3.8, 4) is 11.3 Å². The zero-order valence-corrected chi connectivity index (χ0v) is 22.0. The Hall–Kier alpha value is -3.06. The van der Waals surface area contributed by atoms with E-state index in [1.807, 2.05) is 36.4 Å². The standard InChI is InChI=1S/C24H32N6O4S2/c1-35(31,32)29-22-9-7-19(8-10-22)11-14-26-24-27-15-12-23(28-24)21-6-3-5-20(17-21)18-30(16-4-13-25)36(2,33)34/h3,5-10,12,15,17,29H,4,11,13-14,16,18,25H2,1-2H3,(H,26,27,28). The minimum atomic E-state index is -3.35. The van der Waals surface area contributed by atoms with Crippen LogP contribution in [0.2, 0.25) is 0 Å². The van der Waals surface area contributed by atoms with Crippen molar-refractivity contribution in [3.05, 3.63) is 71.9 Å². The molecule has 0 unspecified atom stereocenters. The molecule has 2 aromatic carbocycles. The van der Waals surface area contributed by atoms with Crippen molar-refractivity contribution in [2.75, 3.05) is 42.2 Å². The summed E-state index contributed by atoms with van der Waals surface area (Å²) in [5, 5.41) is 3.21. The lowest BCUT2D eigenvalue weighted by atomic mass is 10.1. The maximum atomic E-state index is 12.1. The van der Waals surface area contributed by atoms with Crippen LogP contribution in [0.5, 0.6) is 0 Å². The zero-order valence-electron chi connectivity index (χ0n) is 20.4. The van der Waals surface area contributed by atoms with Gasteiger partial charge in [-0.1, -0.05) is 30.3 Å². The third-order valence-corrected chi connectivity index (χ3v) is 7.13. The molecule has 0 saturated carbocycles. The Bertz CT molecular complexity index is 1360. The molecule has 36 heavy (non-hydrogen) atoms. The highest BCUT2D eigenvalue weighted by Crippen LogP contribution is 2.21. The molecule has 3 rings (SSSR count). The third-order valence-electron chi connectivity index (χ3n) is 5.27. The largest absolute Gasteiger partial charge is 0.354 e. The van der Waals surface area contributed by atoms with Crippen molar-refractivity contribution >= 4 is 31.7 Å². The van der Waals surface area contributed by atoms with Gasteiger partial charge in [0.1, 0.15) is 0 Å². The maximum Gasteiger partial charge on any atom is 0.229 e. The molecule has 1 heterocycles. The van der Waals surface area contributed by atoms with Crippen LogP contribution in [0.15, 0.2) is 60.8 Å². The number of nitrogens with two attached hydrogens (primary N) is 1. The fourth-order valence-corrected chi connectivity index (χ4v) is 4.95. The van der Waals surface area contributed by atoms with Crippen LogP contribution in [0.1, 0.15) is 17.5 Å². The summed E-state index contributed by atoms with van der Waals surface area (Å²) in [4.78, 5) is 8.89. The monoisotopic (exact) mass is 532 g/mol. The van der Waals surface area contributed by atoms with E-state index in [0.717, 1.165) is 28.6 Å². The number of anilines is 2. The molecule has 0 amide bonds. The summed E-state index contributed by atoms with van der Waals surface area (Å²) in [5.41, 5.74) is 9.55. The van der Waals surface area contributed by atoms with E-state index in [2.05, 4.69) is 20.0 Å². The lowest BCUT2D eigenvalue weighted by Gasteiger charge is -2.20. The highest BCUT2D eigenvalue weighted by molar-refractivity contribution is 7.92. The molecule has 0 atom stereocenters. The molecule has 0 radical (unpaired) electrons. The lowest BCUT2D eigenvalue weighted by Crippen LogP contribution is -2.31. The van der Waals surface area contributed by atoms with Gasteiger partial charge in [0.15, 0.2) is 0 Å². The molecule has 12 heteroatoms. The first-order chi connectivity index (χ1) is 17.0. The van der Waals surface area contributed by atoms with Crippen molar-refractivity contribution < 1.29 is 16.8 Å². The minimum Gasteiger partial charge on any atom is -0.354 e. The number of rotatable bonds is 13. The summed E-state index contributed by atoms with van der Waals surface area (Å²) < 4.78 is 50.8. The zero-order chi connectivity index (χ0) is 26.2. The summed E-state index contributed by atoms with van der Waals surface area (Å²) in [6, 6.07) is 16.6. The fraction of sp³-hybridized carbons (Fsp3) is 0.333. The molecule has 0 aliphatic rings. The Balaban J connectivity index is 1.63. The van der Waals surface area contributed by atoms with Gasteiger partial charge in [-0.2, -0.15) is 4.31 Å². The Morgan fingerprint density at radius 3 is 2.39 bits per heavy atom. The van der Waals surface area contributed by atoms with E-state index in [-0.39, 0.29) is 6.54 Å². The molecule has 194 valence electrons. The van der Waals surface area contributed by atoms with Crippen LogP contribution in [0, 0.1) is 0 Å². The van der Waals surface area contributed by atoms with E-state index in [9.17, 15) is 16.8 Å². The number of nitrogens with zero attached hydrogens (tertiary/aromatic N) is 3. The van der Waals surface area contributed by atoms with Crippen LogP contribution in [0.4, 0.5) is 11.6 Å². The molecule has 4 N–H and O–H groups in total. The number of hydrogen-bond acceptors (Lipinski definition) is 8. The second-order valence-electron chi connectivity index (χ2n) is 8.45. The molecule has 0 spiro atoms. The second-order valence-corrected chi connectivity index (χ2v) is 12.2. The van der Waals surface area contributed by atoms with Gasteiger partial charge in [0.25, 0.3) is 0 Å². The molecule has 0 bridgehead atoms. The van der Waals surface area contributed by atoms with Gasteiger partial charge < -0.3 is 11.1 Å². The number of benzene rings is 2. The first-order valence-electron chi connectivity index (χ1n) is 11.4. The quantitative estimate of drug-likeness (QED) is 0.304. The van der Waals surface area contributed by atoms with Crippen molar-refractivity contribution in [2.45, 2.75) is 19.4 Å². The molecule has 10 nitrogen and oxygen atoms in total. The van der Waals surface area contributed by atoms with E-state index in [1.165, 1.54) is 10.6 Å². The van der Waals surface area contributed by atoms with Gasteiger partial charge in [-0.05, 0) is 54.8 Å². The summed E-state index contributed by atoms with van der Waals surface area (Å²) in [6.07, 6.45) is 5.29. The van der Waals surface area contributed by atoms with E-state index in [0.29, 0.717) is 44.1 Å². The summed E-state index contributed by atoms with van der Waals surface area (Å²) >= 11 is 0. The van der Waals surface area contributed by atoms with Crippen LogP contribution in [0.25, 0.3) is 11.3 Å². The van der Waals surface area contributed by atoms with E-state index in [4.69, 9.17) is 5.73 Å². The van der Waals surface area contributed by atoms with Gasteiger partial charge in [-0.15, -0.1) is 0 Å². The van der Waals surface area contributed by atoms with Gasteiger partial charge in [-0.25, -0.2) is 26.8 Å². The van der Waals surface area contributed by atoms with Crippen molar-refractivity contribution in [1.29, 1.82) is 0 Å². The van der Waals surface area contributed by atoms with E-state index in [1.54, 1.807) is 24.4 Å². The topological polar surface area (TPSA) is 147 Å². The van der Waals surface area contributed by atoms with Gasteiger partial charge in [-0.3, -0.25) is 4.72 Å². The Kier molecular flexibility index (Phi) is 9.37. The average Bonchev–Trinajstić information content (AvgIpc) is 2.81. The summed E-state index contributed by atoms with van der Waals surface area (Å²) in [5.74, 6) is 0.481. The Morgan fingerprint density at radius 2 is 1.72 bits per heavy atom. The molecule has 0 aliphatic carbocycles. The van der Waals surface area contributed by atoms with Gasteiger partial charge in [0, 0.05) is 37.1 Å². The van der Waals surface area contributed by atoms with Crippen LogP contribution in [-0.2, 0) is 33.0 Å². The highest BCUT2D eigenvalue weighted by atomic mass is 32.2. The van der Waals surface area contributed by atoms with Crippen LogP contribution in [-0.4, -0.2) is 63.3 Å². The predicted octanol–water partition coefficient (Wildman–Crippen LogP) is 2.28. The molecular weight excluding hydrogens is 500 g/mol. The molecular formula is C24H32N6O4S2. The van der Waals surface area contributed by atoms with Crippen molar-refractivity contribution in [3.63, 3.8) is 0 Å². The smallest absolute Gasteiger partial charge is 0.229 e. The molecule has 0 saturated heterocycles. The van der Waals surface area contributed by atoms with Crippen LogP contribution < -0.4 is 15.8 Å². The van der Waals surface area contributed by atoms with E-state index >= 15 is 0 Å². The Morgan fingerprint density at radius 1 is 0.972 bits per heavy atom. The maximum absolute atomic E-state index is 12.1. The predicted molar refractivity (Wildman–Crippen MR) is 143 cm³/mol. The lowest BCUT2D eigenvalue weighted by molar-refractivity contribution is 0.405. The molecule has 0 aliphatic heterocycles. The molecule has 0 fully saturated rings. The van der Waals surface area contributed by atoms with Gasteiger partial charge >= 0.3 is 0 Å². The number of hydrogen-bond donors (Lipinski definition) is 3. The highest BCUT2D eigenvalue weighted by Gasteiger charge is 2.16. The SMILES string of the molecule is CS(=O)(=O)Nc1ccc(CCNc2nccc(-c3cccc(CN(CCCN)S(C)(=O)=O)c3)n2)cc1. The van der Waals surface area contributed by atoms with Gasteiger partial charge in [0.2, 0.25) is 26.0 Å². The normalized spacial score (nSPS) is 12.0. The minimum absolute atomic E-state index is 0.265. The first-order valence-corrected chi connectivity index (χ1v) is 15.2. The number of aromatic nitrogens is 2. The van der Waals surface area contributed by atoms with E-state index < -0.39 is 20.0 Å². The second kappa shape index (κ2) is 12.3. The third kappa shape index (κ3) is 8.86. The number of sulfonamides is 2. The van der Waals surface area contributed by atoms with Crippen LogP contribution >= 0.6 is 0 Å². The fourth-order valence-electron chi connectivity index (χ4n) is 3.54. The summed E-state index contributed by atoms with van der Waals surface area (Å²) in [6.45, 7) is 1.65. The van der Waals surface area contributed by atoms with Crippen LogP contribution in [0.3, 0.4) is 0 Å².